The summed E-state index contributed by atoms with van der Waals surface area (Å²) in [6.07, 6.45) is 8.93. The number of aromatic nitrogens is 2. The SMILES string of the molecule is C#CC(=O)Nc1cc(Nc2ncc(Cl)c(Nc3ccccc3P(C)(C)=O)n2)c(OC)cc1N1CCC(N2CCNCC2)CC1. The maximum atomic E-state index is 12.9. The minimum atomic E-state index is -2.57. The Labute approximate surface area is 263 Å². The van der Waals surface area contributed by atoms with E-state index >= 15 is 0 Å². The number of carbonyl (C=O) groups excluding carboxylic acids is 1. The Kier molecular flexibility index (Phi) is 9.97. The van der Waals surface area contributed by atoms with Crippen LogP contribution in [0.3, 0.4) is 0 Å². The molecule has 4 N–H and O–H groups in total. The second-order valence-electron chi connectivity index (χ2n) is 11.2. The zero-order valence-electron chi connectivity index (χ0n) is 25.2. The number of para-hydroxylation sites is 1. The smallest absolute Gasteiger partial charge is 0.300 e. The molecular formula is C31H38ClN8O3P. The average molecular weight is 637 g/mol. The Morgan fingerprint density at radius 3 is 2.50 bits per heavy atom. The van der Waals surface area contributed by atoms with E-state index in [0.717, 1.165) is 57.8 Å². The van der Waals surface area contributed by atoms with E-state index in [1.807, 2.05) is 30.3 Å². The van der Waals surface area contributed by atoms with Gasteiger partial charge in [0.05, 0.1) is 36.1 Å². The zero-order valence-corrected chi connectivity index (χ0v) is 26.8. The molecule has 5 rings (SSSR count). The van der Waals surface area contributed by atoms with Gasteiger partial charge in [-0.25, -0.2) is 4.98 Å². The highest BCUT2D eigenvalue weighted by molar-refractivity contribution is 7.70. The van der Waals surface area contributed by atoms with E-state index in [1.54, 1.807) is 26.5 Å². The van der Waals surface area contributed by atoms with Crippen molar-refractivity contribution in [2.75, 3.05) is 80.6 Å². The van der Waals surface area contributed by atoms with E-state index in [1.165, 1.54) is 6.20 Å². The number of ether oxygens (including phenoxy) is 1. The molecule has 2 aliphatic heterocycles. The van der Waals surface area contributed by atoms with Crippen molar-refractivity contribution in [1.29, 1.82) is 0 Å². The van der Waals surface area contributed by atoms with Crippen molar-refractivity contribution < 1.29 is 14.1 Å². The summed E-state index contributed by atoms with van der Waals surface area (Å²) in [5.74, 6) is 2.72. The van der Waals surface area contributed by atoms with Crippen molar-refractivity contribution in [3.63, 3.8) is 0 Å². The Morgan fingerprint density at radius 2 is 1.82 bits per heavy atom. The van der Waals surface area contributed by atoms with Crippen molar-refractivity contribution in [2.45, 2.75) is 18.9 Å². The van der Waals surface area contributed by atoms with Gasteiger partial charge in [-0.05, 0) is 50.3 Å². The molecule has 0 saturated carbocycles. The van der Waals surface area contributed by atoms with Gasteiger partial charge in [-0.3, -0.25) is 9.69 Å². The van der Waals surface area contributed by atoms with Gasteiger partial charge < -0.3 is 35.5 Å². The third kappa shape index (κ3) is 7.45. The number of terminal acetylenes is 1. The summed E-state index contributed by atoms with van der Waals surface area (Å²) in [7, 11) is -0.987. The summed E-state index contributed by atoms with van der Waals surface area (Å²) in [6.45, 7) is 9.28. The number of piperidine rings is 1. The minimum absolute atomic E-state index is 0.239. The molecule has 2 aliphatic rings. The van der Waals surface area contributed by atoms with Crippen LogP contribution in [0.4, 0.5) is 34.5 Å². The van der Waals surface area contributed by atoms with E-state index in [2.05, 4.69) is 47.0 Å². The fourth-order valence-corrected chi connectivity index (χ4v) is 6.98. The molecule has 0 atom stereocenters. The van der Waals surface area contributed by atoms with Gasteiger partial charge in [0.25, 0.3) is 5.91 Å². The Balaban J connectivity index is 1.41. The van der Waals surface area contributed by atoms with Crippen LogP contribution in [0.5, 0.6) is 5.75 Å². The molecule has 0 radical (unpaired) electrons. The molecule has 3 heterocycles. The highest BCUT2D eigenvalue weighted by atomic mass is 35.5. The first-order valence-corrected chi connectivity index (χ1v) is 17.5. The number of carbonyl (C=O) groups is 1. The van der Waals surface area contributed by atoms with E-state index in [4.69, 9.17) is 22.8 Å². The maximum absolute atomic E-state index is 12.9. The molecule has 2 fully saturated rings. The molecule has 0 aliphatic carbocycles. The maximum Gasteiger partial charge on any atom is 0.300 e. The lowest BCUT2D eigenvalue weighted by Crippen LogP contribution is -2.52. The first kappa shape index (κ1) is 31.6. The highest BCUT2D eigenvalue weighted by Gasteiger charge is 2.28. The molecule has 13 heteroatoms. The molecule has 2 saturated heterocycles. The van der Waals surface area contributed by atoms with E-state index in [9.17, 15) is 9.36 Å². The third-order valence-corrected chi connectivity index (χ3v) is 9.72. The van der Waals surface area contributed by atoms with E-state index in [-0.39, 0.29) is 5.95 Å². The largest absolute Gasteiger partial charge is 0.494 e. The quantitative estimate of drug-likeness (QED) is 0.199. The van der Waals surface area contributed by atoms with Gasteiger partial charge in [0.2, 0.25) is 5.95 Å². The fraction of sp³-hybridized carbons (Fsp3) is 0.387. The number of nitrogens with one attached hydrogen (secondary N) is 4. The molecule has 0 bridgehead atoms. The molecule has 1 amide bonds. The third-order valence-electron chi connectivity index (χ3n) is 7.90. The van der Waals surface area contributed by atoms with E-state index < -0.39 is 13.0 Å². The topological polar surface area (TPSA) is 124 Å². The van der Waals surface area contributed by atoms with Gasteiger partial charge in [-0.1, -0.05) is 23.7 Å². The summed E-state index contributed by atoms with van der Waals surface area (Å²) >= 11 is 6.45. The highest BCUT2D eigenvalue weighted by Crippen LogP contribution is 2.41. The van der Waals surface area contributed by atoms with Crippen molar-refractivity contribution in [3.8, 4) is 18.1 Å². The Morgan fingerprint density at radius 1 is 1.09 bits per heavy atom. The standard InChI is InChI=1S/C31H38ClN8O3P/c1-5-29(41)35-24-18-25(27(43-2)19-26(24)40-14-10-21(11-15-40)39-16-12-33-13-17-39)37-31-34-20-22(32)30(38-31)36-23-8-6-7-9-28(23)44(3,4)42/h1,6-9,18-21,33H,10-17H2,2-4H3,(H,35,41)(H2,34,36,37,38). The van der Waals surface area contributed by atoms with Crippen LogP contribution in [0.1, 0.15) is 12.8 Å². The van der Waals surface area contributed by atoms with Crippen molar-refractivity contribution in [1.82, 2.24) is 20.2 Å². The lowest BCUT2D eigenvalue weighted by atomic mass is 10.0. The van der Waals surface area contributed by atoms with Crippen LogP contribution >= 0.6 is 18.7 Å². The molecule has 0 unspecified atom stereocenters. The number of hydrogen-bond donors (Lipinski definition) is 4. The van der Waals surface area contributed by atoms with E-state index in [0.29, 0.717) is 45.0 Å². The van der Waals surface area contributed by atoms with Crippen molar-refractivity contribution >= 4 is 64.5 Å². The first-order valence-electron chi connectivity index (χ1n) is 14.6. The average Bonchev–Trinajstić information content (AvgIpc) is 3.03. The number of halogens is 1. The molecule has 3 aromatic rings. The van der Waals surface area contributed by atoms with Gasteiger partial charge in [0.15, 0.2) is 5.82 Å². The van der Waals surface area contributed by atoms with Gasteiger partial charge in [-0.15, -0.1) is 6.42 Å². The first-order chi connectivity index (χ1) is 21.2. The number of nitrogens with zero attached hydrogens (tertiary/aromatic N) is 4. The van der Waals surface area contributed by atoms with Gasteiger partial charge in [0, 0.05) is 56.7 Å². The molecular weight excluding hydrogens is 599 g/mol. The van der Waals surface area contributed by atoms with Crippen LogP contribution in [-0.4, -0.2) is 86.5 Å². The van der Waals surface area contributed by atoms with Crippen molar-refractivity contribution in [3.05, 3.63) is 47.6 Å². The molecule has 44 heavy (non-hydrogen) atoms. The van der Waals surface area contributed by atoms with Crippen LogP contribution in [-0.2, 0) is 9.36 Å². The number of methoxy groups -OCH3 is 1. The number of piperazine rings is 1. The predicted molar refractivity (Wildman–Crippen MR) is 179 cm³/mol. The minimum Gasteiger partial charge on any atom is -0.494 e. The normalized spacial score (nSPS) is 16.2. The molecule has 0 spiro atoms. The van der Waals surface area contributed by atoms with Crippen LogP contribution in [0.2, 0.25) is 5.02 Å². The Bertz CT molecular complexity index is 1590. The van der Waals surface area contributed by atoms with Crippen LogP contribution < -0.4 is 36.2 Å². The predicted octanol–water partition coefficient (Wildman–Crippen LogP) is 4.32. The van der Waals surface area contributed by atoms with Gasteiger partial charge in [0.1, 0.15) is 17.9 Å². The zero-order chi connectivity index (χ0) is 31.3. The second kappa shape index (κ2) is 13.9. The summed E-state index contributed by atoms with van der Waals surface area (Å²) < 4.78 is 18.6. The second-order valence-corrected chi connectivity index (χ2v) is 14.8. The number of anilines is 6. The molecule has 2 aromatic carbocycles. The van der Waals surface area contributed by atoms with Crippen molar-refractivity contribution in [2.24, 2.45) is 0 Å². The lowest BCUT2D eigenvalue weighted by molar-refractivity contribution is -0.111. The van der Waals surface area contributed by atoms with Crippen LogP contribution in [0, 0.1) is 12.3 Å². The monoisotopic (exact) mass is 636 g/mol. The molecule has 232 valence electrons. The summed E-state index contributed by atoms with van der Waals surface area (Å²) in [5.41, 5.74) is 2.56. The van der Waals surface area contributed by atoms with Gasteiger partial charge in [-0.2, -0.15) is 4.98 Å². The number of rotatable bonds is 9. The number of amides is 1. The lowest BCUT2D eigenvalue weighted by Gasteiger charge is -2.41. The van der Waals surface area contributed by atoms with Gasteiger partial charge >= 0.3 is 0 Å². The Hall–Kier alpha value is -3.81. The summed E-state index contributed by atoms with van der Waals surface area (Å²) in [4.78, 5) is 26.1. The van der Waals surface area contributed by atoms with Crippen LogP contribution in [0.15, 0.2) is 42.6 Å². The number of benzene rings is 2. The summed E-state index contributed by atoms with van der Waals surface area (Å²) in [5, 5.41) is 13.7. The fourth-order valence-electron chi connectivity index (χ4n) is 5.69. The van der Waals surface area contributed by atoms with Crippen LogP contribution in [0.25, 0.3) is 0 Å². The summed E-state index contributed by atoms with van der Waals surface area (Å²) in [6, 6.07) is 11.6. The molecule has 1 aromatic heterocycles. The molecule has 11 nitrogen and oxygen atoms in total. The number of hydrogen-bond acceptors (Lipinski definition) is 10.